The van der Waals surface area contributed by atoms with Gasteiger partial charge in [0.05, 0.1) is 0 Å². The van der Waals surface area contributed by atoms with Crippen LogP contribution in [0.4, 0.5) is 0 Å². The van der Waals surface area contributed by atoms with Gasteiger partial charge in [0.1, 0.15) is 5.65 Å². The minimum atomic E-state index is 0.0343. The van der Waals surface area contributed by atoms with Crippen molar-refractivity contribution in [3.63, 3.8) is 0 Å². The number of benzene rings is 1. The van der Waals surface area contributed by atoms with Crippen LogP contribution in [0.2, 0.25) is 0 Å². The van der Waals surface area contributed by atoms with Crippen molar-refractivity contribution in [1.29, 1.82) is 0 Å². The zero-order valence-electron chi connectivity index (χ0n) is 12.4. The van der Waals surface area contributed by atoms with Gasteiger partial charge in [0.15, 0.2) is 0 Å². The lowest BCUT2D eigenvalue weighted by atomic mass is 9.95. The minimum Gasteiger partial charge on any atom is -0.349 e. The minimum absolute atomic E-state index is 0.0343. The van der Waals surface area contributed by atoms with Gasteiger partial charge in [0.25, 0.3) is 5.91 Å². The number of H-pyrrole nitrogens is 1. The van der Waals surface area contributed by atoms with E-state index in [0.717, 1.165) is 40.3 Å². The molecule has 4 heteroatoms. The van der Waals surface area contributed by atoms with Crippen molar-refractivity contribution in [3.05, 3.63) is 42.1 Å². The third-order valence-electron chi connectivity index (χ3n) is 4.57. The maximum atomic E-state index is 12.5. The van der Waals surface area contributed by atoms with E-state index in [2.05, 4.69) is 15.3 Å². The Morgan fingerprint density at radius 1 is 1.14 bits per heavy atom. The molecular weight excluding hydrogens is 274 g/mol. The molecule has 0 atom stereocenters. The van der Waals surface area contributed by atoms with Crippen LogP contribution in [-0.2, 0) is 0 Å². The fraction of sp³-hybridized carbons (Fsp3) is 0.333. The third kappa shape index (κ3) is 2.34. The molecule has 0 aliphatic heterocycles. The van der Waals surface area contributed by atoms with Crippen molar-refractivity contribution in [1.82, 2.24) is 15.3 Å². The Labute approximate surface area is 128 Å². The van der Waals surface area contributed by atoms with Crippen molar-refractivity contribution in [3.8, 4) is 0 Å². The lowest BCUT2D eigenvalue weighted by molar-refractivity contribution is 0.0928. The maximum Gasteiger partial charge on any atom is 0.251 e. The first-order valence-corrected chi connectivity index (χ1v) is 7.98. The molecule has 2 N–H and O–H groups in total. The Bertz CT molecular complexity index is 831. The molecule has 0 bridgehead atoms. The fourth-order valence-electron chi connectivity index (χ4n) is 3.38. The van der Waals surface area contributed by atoms with Crippen molar-refractivity contribution in [2.24, 2.45) is 0 Å². The molecule has 1 saturated carbocycles. The highest BCUT2D eigenvalue weighted by Gasteiger charge is 2.17. The van der Waals surface area contributed by atoms with Gasteiger partial charge in [-0.25, -0.2) is 4.98 Å². The van der Waals surface area contributed by atoms with Gasteiger partial charge in [0, 0.05) is 34.1 Å². The summed E-state index contributed by atoms with van der Waals surface area (Å²) in [5.74, 6) is 0.0343. The molecule has 1 amide bonds. The van der Waals surface area contributed by atoms with Gasteiger partial charge in [-0.05, 0) is 43.2 Å². The van der Waals surface area contributed by atoms with Crippen molar-refractivity contribution in [2.75, 3.05) is 0 Å². The van der Waals surface area contributed by atoms with Crippen LogP contribution in [0.5, 0.6) is 0 Å². The summed E-state index contributed by atoms with van der Waals surface area (Å²) in [7, 11) is 0. The monoisotopic (exact) mass is 293 g/mol. The summed E-state index contributed by atoms with van der Waals surface area (Å²) in [5.41, 5.74) is 2.60. The summed E-state index contributed by atoms with van der Waals surface area (Å²) in [6.07, 6.45) is 7.71. The molecule has 1 aliphatic rings. The summed E-state index contributed by atoms with van der Waals surface area (Å²) >= 11 is 0. The number of nitrogens with one attached hydrogen (secondary N) is 2. The zero-order chi connectivity index (χ0) is 14.9. The van der Waals surface area contributed by atoms with E-state index in [1.54, 1.807) is 6.20 Å². The number of hydrogen-bond acceptors (Lipinski definition) is 2. The average molecular weight is 293 g/mol. The summed E-state index contributed by atoms with van der Waals surface area (Å²) in [6, 6.07) is 10.1. The van der Waals surface area contributed by atoms with E-state index in [1.165, 1.54) is 19.3 Å². The van der Waals surface area contributed by atoms with Gasteiger partial charge in [-0.3, -0.25) is 4.79 Å². The predicted molar refractivity (Wildman–Crippen MR) is 87.9 cm³/mol. The highest BCUT2D eigenvalue weighted by Crippen LogP contribution is 2.25. The summed E-state index contributed by atoms with van der Waals surface area (Å²) in [4.78, 5) is 20.1. The van der Waals surface area contributed by atoms with Gasteiger partial charge in [-0.15, -0.1) is 0 Å². The summed E-state index contributed by atoms with van der Waals surface area (Å²) in [5, 5.41) is 5.29. The number of carbonyl (C=O) groups is 1. The number of amides is 1. The molecule has 0 unspecified atom stereocenters. The van der Waals surface area contributed by atoms with E-state index in [-0.39, 0.29) is 5.91 Å². The number of aromatic amines is 1. The number of pyridine rings is 1. The lowest BCUT2D eigenvalue weighted by Gasteiger charge is -2.22. The first kappa shape index (κ1) is 13.3. The van der Waals surface area contributed by atoms with E-state index >= 15 is 0 Å². The molecule has 1 fully saturated rings. The number of aromatic nitrogens is 2. The number of fused-ring (bicyclic) bond motifs is 3. The summed E-state index contributed by atoms with van der Waals surface area (Å²) in [6.45, 7) is 0. The predicted octanol–water partition coefficient (Wildman–Crippen LogP) is 3.78. The number of hydrogen-bond donors (Lipinski definition) is 2. The molecule has 0 saturated heterocycles. The second-order valence-electron chi connectivity index (χ2n) is 6.09. The zero-order valence-corrected chi connectivity index (χ0v) is 12.4. The van der Waals surface area contributed by atoms with Crippen molar-refractivity contribution in [2.45, 2.75) is 38.1 Å². The standard InChI is InChI=1S/C18H19N3O/c22-18(20-13-5-2-1-3-6-13)12-8-9-16-15(11-12)14-7-4-10-19-17(14)21-16/h4,7-11,13H,1-3,5-6H2,(H,19,21)(H,20,22). The molecule has 0 radical (unpaired) electrons. The quantitative estimate of drug-likeness (QED) is 0.755. The highest BCUT2D eigenvalue weighted by molar-refractivity contribution is 6.08. The molecule has 112 valence electrons. The lowest BCUT2D eigenvalue weighted by Crippen LogP contribution is -2.36. The molecular formula is C18H19N3O. The molecule has 1 aliphatic carbocycles. The maximum absolute atomic E-state index is 12.5. The molecule has 2 aromatic heterocycles. The normalized spacial score (nSPS) is 16.2. The smallest absolute Gasteiger partial charge is 0.251 e. The summed E-state index contributed by atoms with van der Waals surface area (Å²) < 4.78 is 0. The van der Waals surface area contributed by atoms with Gasteiger partial charge < -0.3 is 10.3 Å². The fourth-order valence-corrected chi connectivity index (χ4v) is 3.38. The van der Waals surface area contributed by atoms with E-state index in [0.29, 0.717) is 6.04 Å². The van der Waals surface area contributed by atoms with Crippen LogP contribution >= 0.6 is 0 Å². The van der Waals surface area contributed by atoms with Crippen LogP contribution < -0.4 is 5.32 Å². The van der Waals surface area contributed by atoms with E-state index < -0.39 is 0 Å². The van der Waals surface area contributed by atoms with E-state index in [4.69, 9.17) is 0 Å². The van der Waals surface area contributed by atoms with E-state index in [1.807, 2.05) is 30.3 Å². The van der Waals surface area contributed by atoms with Crippen LogP contribution in [0.1, 0.15) is 42.5 Å². The molecule has 3 aromatic rings. The third-order valence-corrected chi connectivity index (χ3v) is 4.57. The molecule has 4 nitrogen and oxygen atoms in total. The highest BCUT2D eigenvalue weighted by atomic mass is 16.1. The van der Waals surface area contributed by atoms with Crippen LogP contribution in [0.15, 0.2) is 36.5 Å². The van der Waals surface area contributed by atoms with Gasteiger partial charge in [-0.2, -0.15) is 0 Å². The Balaban J connectivity index is 1.66. The van der Waals surface area contributed by atoms with Crippen molar-refractivity contribution >= 4 is 27.8 Å². The first-order valence-electron chi connectivity index (χ1n) is 7.98. The van der Waals surface area contributed by atoms with Crippen molar-refractivity contribution < 1.29 is 4.79 Å². The topological polar surface area (TPSA) is 57.8 Å². The molecule has 2 heterocycles. The molecule has 1 aromatic carbocycles. The van der Waals surface area contributed by atoms with E-state index in [9.17, 15) is 4.79 Å². The molecule has 4 rings (SSSR count). The van der Waals surface area contributed by atoms with Crippen LogP contribution in [0.3, 0.4) is 0 Å². The van der Waals surface area contributed by atoms with Crippen LogP contribution in [-0.4, -0.2) is 21.9 Å². The van der Waals surface area contributed by atoms with Gasteiger partial charge >= 0.3 is 0 Å². The number of rotatable bonds is 2. The van der Waals surface area contributed by atoms with Crippen LogP contribution in [0.25, 0.3) is 21.9 Å². The molecule has 22 heavy (non-hydrogen) atoms. The van der Waals surface area contributed by atoms with Gasteiger partial charge in [-0.1, -0.05) is 19.3 Å². The number of nitrogens with zero attached hydrogens (tertiary/aromatic N) is 1. The number of carbonyl (C=O) groups excluding carboxylic acids is 1. The Morgan fingerprint density at radius 2 is 2.00 bits per heavy atom. The van der Waals surface area contributed by atoms with Crippen LogP contribution in [0, 0.1) is 0 Å². The molecule has 0 spiro atoms. The van der Waals surface area contributed by atoms with Gasteiger partial charge in [0.2, 0.25) is 0 Å². The Kier molecular flexibility index (Phi) is 3.29. The Hall–Kier alpha value is -2.36. The Morgan fingerprint density at radius 3 is 2.86 bits per heavy atom. The first-order chi connectivity index (χ1) is 10.8. The SMILES string of the molecule is O=C(NC1CCCCC1)c1ccc2[nH]c3ncccc3c2c1. The average Bonchev–Trinajstić information content (AvgIpc) is 2.93. The second-order valence-corrected chi connectivity index (χ2v) is 6.09. The largest absolute Gasteiger partial charge is 0.349 e. The second kappa shape index (κ2) is 5.44.